The van der Waals surface area contributed by atoms with E-state index in [1.165, 1.54) is 12.5 Å². The van der Waals surface area contributed by atoms with Crippen LogP contribution in [0.4, 0.5) is 0 Å². The molecule has 0 aromatic rings. The smallest absolute Gasteiger partial charge is 0.136 e. The van der Waals surface area contributed by atoms with Gasteiger partial charge in [-0.05, 0) is 13.1 Å². The summed E-state index contributed by atoms with van der Waals surface area (Å²) in [5, 5.41) is 2.79. The van der Waals surface area contributed by atoms with Gasteiger partial charge >= 0.3 is 0 Å². The lowest BCUT2D eigenvalue weighted by atomic mass is 10.2. The van der Waals surface area contributed by atoms with Gasteiger partial charge < -0.3 is 16.8 Å². The van der Waals surface area contributed by atoms with Crippen LogP contribution in [0.25, 0.3) is 0 Å². The van der Waals surface area contributed by atoms with E-state index < -0.39 is 0 Å². The fourth-order valence-electron chi connectivity index (χ4n) is 0.566. The van der Waals surface area contributed by atoms with Crippen molar-refractivity contribution in [3.8, 4) is 0 Å². The molecule has 4 nitrogen and oxygen atoms in total. The summed E-state index contributed by atoms with van der Waals surface area (Å²) in [7, 11) is 0. The van der Waals surface area contributed by atoms with Crippen LogP contribution in [-0.2, 0) is 0 Å². The largest absolute Gasteiger partial charge is 0.399 e. The SMILES string of the molecule is C=CNC(/N=C\N)=C(\C)C(=C)N. The van der Waals surface area contributed by atoms with Gasteiger partial charge in [-0.3, -0.25) is 0 Å². The third-order valence-corrected chi connectivity index (χ3v) is 1.28. The van der Waals surface area contributed by atoms with Gasteiger partial charge in [-0.1, -0.05) is 13.2 Å². The van der Waals surface area contributed by atoms with E-state index in [9.17, 15) is 0 Å². The van der Waals surface area contributed by atoms with Gasteiger partial charge in [0.15, 0.2) is 0 Å². The van der Waals surface area contributed by atoms with Crippen molar-refractivity contribution in [2.75, 3.05) is 0 Å². The zero-order valence-corrected chi connectivity index (χ0v) is 7.17. The fraction of sp³-hybridized carbons (Fsp3) is 0.125. The summed E-state index contributed by atoms with van der Waals surface area (Å²) in [6.07, 6.45) is 2.67. The second-order valence-corrected chi connectivity index (χ2v) is 2.13. The first-order valence-electron chi connectivity index (χ1n) is 3.40. The summed E-state index contributed by atoms with van der Waals surface area (Å²) in [6.45, 7) is 8.86. The van der Waals surface area contributed by atoms with E-state index in [-0.39, 0.29) is 0 Å². The van der Waals surface area contributed by atoms with Crippen molar-refractivity contribution in [1.29, 1.82) is 0 Å². The zero-order valence-electron chi connectivity index (χ0n) is 7.17. The van der Waals surface area contributed by atoms with Crippen LogP contribution in [-0.4, -0.2) is 6.34 Å². The number of hydrogen-bond acceptors (Lipinski definition) is 3. The molecule has 0 radical (unpaired) electrons. The molecule has 0 rings (SSSR count). The average Bonchev–Trinajstić information content (AvgIpc) is 2.03. The van der Waals surface area contributed by atoms with Crippen molar-refractivity contribution in [1.82, 2.24) is 5.32 Å². The lowest BCUT2D eigenvalue weighted by Crippen LogP contribution is -2.10. The molecule has 0 saturated heterocycles. The predicted octanol–water partition coefficient (Wildman–Crippen LogP) is 0.410. The molecule has 0 atom stereocenters. The van der Waals surface area contributed by atoms with Gasteiger partial charge in [0.25, 0.3) is 0 Å². The first-order valence-corrected chi connectivity index (χ1v) is 3.40. The molecule has 0 aromatic heterocycles. The van der Waals surface area contributed by atoms with Crippen LogP contribution >= 0.6 is 0 Å². The number of nitrogens with zero attached hydrogens (tertiary/aromatic N) is 1. The minimum absolute atomic E-state index is 0.449. The van der Waals surface area contributed by atoms with Crippen LogP contribution in [0, 0.1) is 0 Å². The molecule has 66 valence electrons. The molecular formula is C8H14N4. The van der Waals surface area contributed by atoms with Gasteiger partial charge in [0, 0.05) is 11.3 Å². The van der Waals surface area contributed by atoms with Crippen LogP contribution in [0.2, 0.25) is 0 Å². The third-order valence-electron chi connectivity index (χ3n) is 1.28. The molecule has 0 aromatic carbocycles. The first kappa shape index (κ1) is 10.3. The van der Waals surface area contributed by atoms with Crippen molar-refractivity contribution in [2.45, 2.75) is 6.92 Å². The summed E-state index contributed by atoms with van der Waals surface area (Å²) in [5.74, 6) is 0.556. The lowest BCUT2D eigenvalue weighted by molar-refractivity contribution is 0.992. The van der Waals surface area contributed by atoms with Gasteiger partial charge in [0.05, 0.1) is 6.34 Å². The molecule has 0 fully saturated rings. The molecule has 0 aliphatic heterocycles. The Morgan fingerprint density at radius 2 is 2.17 bits per heavy atom. The van der Waals surface area contributed by atoms with E-state index in [0.29, 0.717) is 11.5 Å². The van der Waals surface area contributed by atoms with Gasteiger partial charge in [0.2, 0.25) is 0 Å². The minimum Gasteiger partial charge on any atom is -0.399 e. The standard InChI is InChI=1S/C8H14N4/c1-4-11-8(12-5-9)6(2)7(3)10/h4-5,11H,1,3,10H2,2H3,(H2,9,12)/b8-6-. The molecule has 0 unspecified atom stereocenters. The topological polar surface area (TPSA) is 76.4 Å². The lowest BCUT2D eigenvalue weighted by Gasteiger charge is -2.05. The fourth-order valence-corrected chi connectivity index (χ4v) is 0.566. The number of nitrogens with two attached hydrogens (primary N) is 2. The quantitative estimate of drug-likeness (QED) is 0.321. The number of nitrogens with one attached hydrogen (secondary N) is 1. The number of allylic oxidation sites excluding steroid dienone is 1. The van der Waals surface area contributed by atoms with Crippen molar-refractivity contribution in [3.63, 3.8) is 0 Å². The monoisotopic (exact) mass is 166 g/mol. The molecule has 0 amide bonds. The Morgan fingerprint density at radius 1 is 1.58 bits per heavy atom. The molecular weight excluding hydrogens is 152 g/mol. The normalized spacial score (nSPS) is 12.4. The summed E-state index contributed by atoms with van der Waals surface area (Å²) < 4.78 is 0. The minimum atomic E-state index is 0.449. The van der Waals surface area contributed by atoms with Crippen LogP contribution in [0.15, 0.2) is 41.4 Å². The van der Waals surface area contributed by atoms with Crippen LogP contribution in [0.1, 0.15) is 6.92 Å². The van der Waals surface area contributed by atoms with E-state index in [2.05, 4.69) is 23.5 Å². The molecule has 0 aliphatic rings. The Morgan fingerprint density at radius 3 is 2.50 bits per heavy atom. The van der Waals surface area contributed by atoms with E-state index in [4.69, 9.17) is 11.5 Å². The Balaban J connectivity index is 4.78. The van der Waals surface area contributed by atoms with Crippen molar-refractivity contribution < 1.29 is 0 Å². The third kappa shape index (κ3) is 2.92. The maximum atomic E-state index is 5.46. The van der Waals surface area contributed by atoms with Gasteiger partial charge in [-0.2, -0.15) is 0 Å². The van der Waals surface area contributed by atoms with Crippen molar-refractivity contribution in [3.05, 3.63) is 36.4 Å². The molecule has 4 heteroatoms. The molecule has 0 bridgehead atoms. The molecule has 5 N–H and O–H groups in total. The van der Waals surface area contributed by atoms with Crippen molar-refractivity contribution >= 4 is 6.34 Å². The van der Waals surface area contributed by atoms with Crippen LogP contribution in [0.5, 0.6) is 0 Å². The number of rotatable bonds is 4. The first-order chi connectivity index (χ1) is 5.63. The second-order valence-electron chi connectivity index (χ2n) is 2.13. The molecule has 0 spiro atoms. The molecule has 0 heterocycles. The molecule has 12 heavy (non-hydrogen) atoms. The Labute approximate surface area is 72.4 Å². The Kier molecular flexibility index (Phi) is 4.30. The van der Waals surface area contributed by atoms with Gasteiger partial charge in [-0.25, -0.2) is 4.99 Å². The summed E-state index contributed by atoms with van der Waals surface area (Å²) in [6, 6.07) is 0. The van der Waals surface area contributed by atoms with E-state index in [1.54, 1.807) is 6.92 Å². The maximum absolute atomic E-state index is 5.46. The summed E-state index contributed by atoms with van der Waals surface area (Å²) in [4.78, 5) is 3.84. The zero-order chi connectivity index (χ0) is 9.56. The van der Waals surface area contributed by atoms with Crippen LogP contribution < -0.4 is 16.8 Å². The highest BCUT2D eigenvalue weighted by atomic mass is 15.0. The van der Waals surface area contributed by atoms with E-state index in [1.807, 2.05) is 0 Å². The summed E-state index contributed by atoms with van der Waals surface area (Å²) in [5.41, 5.74) is 11.8. The number of hydrogen-bond donors (Lipinski definition) is 3. The highest BCUT2D eigenvalue weighted by Crippen LogP contribution is 2.06. The highest BCUT2D eigenvalue weighted by Gasteiger charge is 1.98. The van der Waals surface area contributed by atoms with Gasteiger partial charge in [0.1, 0.15) is 5.82 Å². The number of aliphatic imine (C=N–C) groups is 1. The molecule has 0 saturated carbocycles. The van der Waals surface area contributed by atoms with E-state index >= 15 is 0 Å². The van der Waals surface area contributed by atoms with Gasteiger partial charge in [-0.15, -0.1) is 0 Å². The maximum Gasteiger partial charge on any atom is 0.136 e. The Bertz CT molecular complexity index is 237. The molecule has 0 aliphatic carbocycles. The predicted molar refractivity (Wildman–Crippen MR) is 52.0 cm³/mol. The van der Waals surface area contributed by atoms with E-state index in [0.717, 1.165) is 5.57 Å². The highest BCUT2D eigenvalue weighted by molar-refractivity contribution is 5.54. The average molecular weight is 166 g/mol. The van der Waals surface area contributed by atoms with Crippen molar-refractivity contribution in [2.24, 2.45) is 16.5 Å². The summed E-state index contributed by atoms with van der Waals surface area (Å²) >= 11 is 0. The van der Waals surface area contributed by atoms with Crippen LogP contribution in [0.3, 0.4) is 0 Å². The Hall–Kier alpha value is -1.71. The second kappa shape index (κ2) is 5.01.